The van der Waals surface area contributed by atoms with Gasteiger partial charge in [-0.2, -0.15) is 23.5 Å². The van der Waals surface area contributed by atoms with Gasteiger partial charge in [-0.1, -0.05) is 38.1 Å². The number of aromatic nitrogens is 1. The van der Waals surface area contributed by atoms with Crippen molar-refractivity contribution < 1.29 is 10.2 Å². The van der Waals surface area contributed by atoms with E-state index in [-0.39, 0.29) is 11.5 Å². The molecule has 0 unspecified atom stereocenters. The molecular formula is C20H23NO2S2. The zero-order valence-corrected chi connectivity index (χ0v) is 16.2. The van der Waals surface area contributed by atoms with Crippen molar-refractivity contribution in [3.05, 3.63) is 53.9 Å². The first-order valence-electron chi connectivity index (χ1n) is 8.45. The molecule has 2 aromatic carbocycles. The first-order chi connectivity index (χ1) is 12.2. The maximum absolute atomic E-state index is 10.8. The molecule has 0 amide bonds. The molecule has 2 N–H and O–H groups in total. The molecule has 1 heterocycles. The van der Waals surface area contributed by atoms with Crippen LogP contribution in [0, 0.1) is 0 Å². The van der Waals surface area contributed by atoms with Crippen molar-refractivity contribution >= 4 is 34.3 Å². The largest absolute Gasteiger partial charge is 0.507 e. The van der Waals surface area contributed by atoms with Crippen LogP contribution in [0.1, 0.15) is 25.1 Å². The van der Waals surface area contributed by atoms with Crippen molar-refractivity contribution in [1.82, 2.24) is 4.57 Å². The normalized spacial score (nSPS) is 11.3. The number of phenols is 2. The van der Waals surface area contributed by atoms with Crippen LogP contribution >= 0.6 is 23.5 Å². The van der Waals surface area contributed by atoms with Gasteiger partial charge in [-0.05, 0) is 23.1 Å². The highest BCUT2D eigenvalue weighted by Crippen LogP contribution is 2.38. The molecule has 25 heavy (non-hydrogen) atoms. The fraction of sp³-hybridized carbons (Fsp3) is 0.300. The number of hydrogen-bond donors (Lipinski definition) is 2. The van der Waals surface area contributed by atoms with Crippen LogP contribution in [-0.4, -0.2) is 26.3 Å². The van der Waals surface area contributed by atoms with Crippen molar-refractivity contribution in [2.75, 3.05) is 11.5 Å². The van der Waals surface area contributed by atoms with Crippen LogP contribution in [0.15, 0.2) is 42.6 Å². The summed E-state index contributed by atoms with van der Waals surface area (Å²) in [5, 5.41) is 22.6. The maximum atomic E-state index is 10.8. The SMILES string of the molecule is CCSCc1cc(CSCC)n(-c2cc(O)c3ccccc3c2O)c1. The highest BCUT2D eigenvalue weighted by Gasteiger charge is 2.15. The number of phenolic OH excluding ortho intramolecular Hbond substituents is 2. The minimum Gasteiger partial charge on any atom is -0.507 e. The first kappa shape index (κ1) is 18.1. The second-order valence-electron chi connectivity index (χ2n) is 5.79. The number of thioether (sulfide) groups is 2. The summed E-state index contributed by atoms with van der Waals surface area (Å²) in [7, 11) is 0. The maximum Gasteiger partial charge on any atom is 0.147 e. The molecule has 132 valence electrons. The quantitative estimate of drug-likeness (QED) is 0.533. The molecule has 5 heteroatoms. The average Bonchev–Trinajstić information content (AvgIpc) is 3.04. The van der Waals surface area contributed by atoms with Crippen LogP contribution < -0.4 is 0 Å². The predicted octanol–water partition coefficient (Wildman–Crippen LogP) is 5.55. The number of rotatable bonds is 7. The van der Waals surface area contributed by atoms with Gasteiger partial charge in [0.15, 0.2) is 0 Å². The van der Waals surface area contributed by atoms with Gasteiger partial charge < -0.3 is 14.8 Å². The lowest BCUT2D eigenvalue weighted by molar-refractivity contribution is 0.467. The molecule has 1 aromatic heterocycles. The molecule has 0 spiro atoms. The predicted molar refractivity (Wildman–Crippen MR) is 110 cm³/mol. The second kappa shape index (κ2) is 8.11. The molecule has 0 bridgehead atoms. The summed E-state index contributed by atoms with van der Waals surface area (Å²) in [6.45, 7) is 4.30. The van der Waals surface area contributed by atoms with Gasteiger partial charge in [-0.3, -0.25) is 0 Å². The molecule has 0 radical (unpaired) electrons. The lowest BCUT2D eigenvalue weighted by Crippen LogP contribution is -1.99. The van der Waals surface area contributed by atoms with Gasteiger partial charge in [-0.15, -0.1) is 0 Å². The van der Waals surface area contributed by atoms with Crippen LogP contribution in [0.25, 0.3) is 16.5 Å². The van der Waals surface area contributed by atoms with Crippen LogP contribution in [0.4, 0.5) is 0 Å². The lowest BCUT2D eigenvalue weighted by atomic mass is 10.1. The average molecular weight is 374 g/mol. The molecule has 0 saturated carbocycles. The highest BCUT2D eigenvalue weighted by molar-refractivity contribution is 7.98. The van der Waals surface area contributed by atoms with Crippen LogP contribution in [0.5, 0.6) is 11.5 Å². The molecule has 3 nitrogen and oxygen atoms in total. The van der Waals surface area contributed by atoms with Gasteiger partial charge in [0.2, 0.25) is 0 Å². The number of aromatic hydroxyl groups is 2. The van der Waals surface area contributed by atoms with E-state index in [1.165, 1.54) is 5.56 Å². The Morgan fingerprint density at radius 3 is 2.32 bits per heavy atom. The molecule has 3 aromatic rings. The van der Waals surface area contributed by atoms with Crippen molar-refractivity contribution in [3.63, 3.8) is 0 Å². The van der Waals surface area contributed by atoms with E-state index in [0.717, 1.165) is 28.7 Å². The topological polar surface area (TPSA) is 45.4 Å². The summed E-state index contributed by atoms with van der Waals surface area (Å²) in [6.07, 6.45) is 2.08. The van der Waals surface area contributed by atoms with E-state index >= 15 is 0 Å². The molecule has 0 aliphatic rings. The Labute approximate surface area is 157 Å². The Kier molecular flexibility index (Phi) is 5.86. The summed E-state index contributed by atoms with van der Waals surface area (Å²) in [5.74, 6) is 4.34. The van der Waals surface area contributed by atoms with E-state index in [4.69, 9.17) is 0 Å². The van der Waals surface area contributed by atoms with E-state index in [1.54, 1.807) is 6.07 Å². The van der Waals surface area contributed by atoms with E-state index in [9.17, 15) is 10.2 Å². The van der Waals surface area contributed by atoms with E-state index in [2.05, 4.69) is 26.1 Å². The summed E-state index contributed by atoms with van der Waals surface area (Å²) >= 11 is 3.73. The second-order valence-corrected chi connectivity index (χ2v) is 8.34. The van der Waals surface area contributed by atoms with Crippen molar-refractivity contribution in [3.8, 4) is 17.2 Å². The van der Waals surface area contributed by atoms with Crippen LogP contribution in [0.2, 0.25) is 0 Å². The van der Waals surface area contributed by atoms with Crippen LogP contribution in [-0.2, 0) is 11.5 Å². The summed E-state index contributed by atoms with van der Waals surface area (Å²) < 4.78 is 2.02. The molecule has 0 fully saturated rings. The van der Waals surface area contributed by atoms with Crippen molar-refractivity contribution in [2.24, 2.45) is 0 Å². The van der Waals surface area contributed by atoms with Crippen molar-refractivity contribution in [2.45, 2.75) is 25.4 Å². The van der Waals surface area contributed by atoms with E-state index in [1.807, 2.05) is 52.4 Å². The number of hydrogen-bond acceptors (Lipinski definition) is 4. The molecule has 0 aliphatic heterocycles. The van der Waals surface area contributed by atoms with Crippen molar-refractivity contribution in [1.29, 1.82) is 0 Å². The highest BCUT2D eigenvalue weighted by atomic mass is 32.2. The minimum atomic E-state index is 0.190. The molecule has 0 atom stereocenters. The zero-order chi connectivity index (χ0) is 17.8. The Bertz CT molecular complexity index is 874. The fourth-order valence-electron chi connectivity index (χ4n) is 2.92. The standard InChI is InChI=1S/C20H23NO2S2/c1-3-24-12-14-9-15(13-25-4-2)21(11-14)18-10-19(22)16-7-5-6-8-17(16)20(18)23/h5-11,22-23H,3-4,12-13H2,1-2H3. The van der Waals surface area contributed by atoms with Gasteiger partial charge in [0.1, 0.15) is 11.5 Å². The number of fused-ring (bicyclic) bond motifs is 1. The van der Waals surface area contributed by atoms with Gasteiger partial charge in [-0.25, -0.2) is 0 Å². The Hall–Kier alpha value is -1.72. The first-order valence-corrected chi connectivity index (χ1v) is 10.8. The number of nitrogens with zero attached hydrogens (tertiary/aromatic N) is 1. The third-order valence-electron chi connectivity index (χ3n) is 4.12. The molecule has 0 saturated heterocycles. The Balaban J connectivity index is 2.12. The molecule has 0 aliphatic carbocycles. The summed E-state index contributed by atoms with van der Waals surface area (Å²) in [6, 6.07) is 11.3. The molecular weight excluding hydrogens is 350 g/mol. The van der Waals surface area contributed by atoms with E-state index in [0.29, 0.717) is 16.5 Å². The summed E-state index contributed by atoms with van der Waals surface area (Å²) in [4.78, 5) is 0. The van der Waals surface area contributed by atoms with Gasteiger partial charge in [0.25, 0.3) is 0 Å². The number of benzene rings is 2. The zero-order valence-electron chi connectivity index (χ0n) is 14.5. The van der Waals surface area contributed by atoms with Gasteiger partial charge in [0.05, 0.1) is 5.69 Å². The fourth-order valence-corrected chi connectivity index (χ4v) is 4.15. The third-order valence-corrected chi connectivity index (χ3v) is 5.97. The molecule has 3 rings (SSSR count). The monoisotopic (exact) mass is 373 g/mol. The van der Waals surface area contributed by atoms with Crippen LogP contribution in [0.3, 0.4) is 0 Å². The summed E-state index contributed by atoms with van der Waals surface area (Å²) in [5.41, 5.74) is 3.02. The van der Waals surface area contributed by atoms with Gasteiger partial charge >= 0.3 is 0 Å². The Morgan fingerprint density at radius 2 is 1.60 bits per heavy atom. The lowest BCUT2D eigenvalue weighted by Gasteiger charge is -2.14. The van der Waals surface area contributed by atoms with Gasteiger partial charge in [0, 0.05) is 40.2 Å². The minimum absolute atomic E-state index is 0.190. The smallest absolute Gasteiger partial charge is 0.147 e. The van der Waals surface area contributed by atoms with E-state index < -0.39 is 0 Å². The Morgan fingerprint density at radius 1 is 0.920 bits per heavy atom. The third kappa shape index (κ3) is 3.77.